The average Bonchev–Trinajstić information content (AvgIpc) is 0.816. The number of aromatic hydroxyl groups is 6. The van der Waals surface area contributed by atoms with Gasteiger partial charge in [-0.15, -0.1) is 0 Å². The van der Waals surface area contributed by atoms with Crippen molar-refractivity contribution in [3.63, 3.8) is 0 Å². The second-order valence-electron chi connectivity index (χ2n) is 34.7. The Labute approximate surface area is 785 Å². The van der Waals surface area contributed by atoms with E-state index in [1.807, 2.05) is 36.4 Å². The monoisotopic (exact) mass is 1780 g/mol. The molecule has 12 bridgehead atoms. The first-order chi connectivity index (χ1) is 64.3. The quantitative estimate of drug-likeness (QED) is 0.0196. The number of hydrogen-bond acceptors (Lipinski definition) is 18. The Bertz CT molecular complexity index is 4760. The van der Waals surface area contributed by atoms with E-state index in [0.717, 1.165) is 154 Å². The number of phenolic OH excluding ortho intramolecular Hbond substituents is 6. The highest BCUT2D eigenvalue weighted by Crippen LogP contribution is 2.46. The van der Waals surface area contributed by atoms with Gasteiger partial charge in [-0.3, -0.25) is 30.0 Å². The van der Waals surface area contributed by atoms with E-state index in [-0.39, 0.29) is 34.5 Å². The van der Waals surface area contributed by atoms with Gasteiger partial charge in [-0.25, -0.2) is 0 Å². The lowest BCUT2D eigenvalue weighted by molar-refractivity contribution is 0.199. The molecular formula is C114H138N6O12. The number of ether oxygens (including phenoxy) is 6. The zero-order valence-electron chi connectivity index (χ0n) is 79.8. The van der Waals surface area contributed by atoms with Crippen LogP contribution in [-0.4, -0.2) is 108 Å². The minimum Gasteiger partial charge on any atom is -0.507 e. The number of nitrogens with zero attached hydrogens (tertiary/aromatic N) is 6. The summed E-state index contributed by atoms with van der Waals surface area (Å²) in [5, 5.41) is 70.4. The van der Waals surface area contributed by atoms with Gasteiger partial charge in [0.15, 0.2) is 34.5 Å². The topological polar surface area (TPSA) is 251 Å². The van der Waals surface area contributed by atoms with Crippen LogP contribution in [0.3, 0.4) is 0 Å². The van der Waals surface area contributed by atoms with Gasteiger partial charge in [0.25, 0.3) is 0 Å². The molecule has 6 atom stereocenters. The van der Waals surface area contributed by atoms with Crippen LogP contribution >= 0.6 is 0 Å². The molecule has 18 heteroatoms. The fraction of sp³-hybridized carbons (Fsp3) is 0.421. The highest BCUT2D eigenvalue weighted by molar-refractivity contribution is 5.94. The molecule has 0 aliphatic carbocycles. The average molecular weight is 1780 g/mol. The first-order valence-electron chi connectivity index (χ1n) is 48.4. The van der Waals surface area contributed by atoms with Crippen molar-refractivity contribution in [2.75, 3.05) is 39.6 Å². The van der Waals surface area contributed by atoms with Crippen molar-refractivity contribution in [3.8, 4) is 105 Å². The highest BCUT2D eigenvalue weighted by atomic mass is 16.5. The lowest BCUT2D eigenvalue weighted by Gasteiger charge is -2.21. The molecule has 10 aliphatic heterocycles. The van der Waals surface area contributed by atoms with Crippen LogP contribution in [0.15, 0.2) is 176 Å². The van der Waals surface area contributed by atoms with Gasteiger partial charge in [-0.05, 0) is 183 Å². The normalized spacial score (nSPS) is 13.3. The molecule has 132 heavy (non-hydrogen) atoms. The molecule has 0 saturated carbocycles. The SMILES string of the molecule is CCCCC(CC)COc1cc2c(cc1OCC(CC)CCCC)N=Cc1ccc(cc1O)C#Cc1ccc(c(O)c1)C=Nc1cc(OCC(CC)CCCC)c(OCC(CC)CCCC)cc1N=Cc1ccc(cc1O)C#Cc1ccc(c(O)c1)C=Nc1cc(OCC(CC)CCCC)c(OCC(CC)CCCC)cc1N=Cc1ccc(cc1O)C#Cc1ccc(c(O)c1)C=N2. The number of unbranched alkanes of at least 4 members (excludes halogenated alkanes) is 6. The Morgan fingerprint density at radius 1 is 0.212 bits per heavy atom. The molecule has 0 radical (unpaired) electrons. The third-order valence-corrected chi connectivity index (χ3v) is 24.5. The van der Waals surface area contributed by atoms with Crippen molar-refractivity contribution in [2.45, 2.75) is 237 Å². The minimum absolute atomic E-state index is 0.0756. The summed E-state index contributed by atoms with van der Waals surface area (Å²) in [6.07, 6.45) is 34.1. The summed E-state index contributed by atoms with van der Waals surface area (Å²) in [6.45, 7) is 29.1. The van der Waals surface area contributed by atoms with Gasteiger partial charge in [-0.1, -0.05) is 234 Å². The minimum atomic E-state index is -0.0756. The molecule has 6 N–H and O–H groups in total. The Kier molecular flexibility index (Phi) is 41.6. The summed E-state index contributed by atoms with van der Waals surface area (Å²) in [5.41, 5.74) is 7.99. The van der Waals surface area contributed by atoms with Crippen LogP contribution in [0, 0.1) is 71.0 Å². The zero-order chi connectivity index (χ0) is 93.9. The highest BCUT2D eigenvalue weighted by Gasteiger charge is 2.23. The molecule has 0 amide bonds. The van der Waals surface area contributed by atoms with Crippen molar-refractivity contribution in [3.05, 3.63) is 212 Å². The molecule has 19 rings (SSSR count). The van der Waals surface area contributed by atoms with Crippen molar-refractivity contribution < 1.29 is 59.1 Å². The molecule has 6 unspecified atom stereocenters. The summed E-state index contributed by atoms with van der Waals surface area (Å²) in [4.78, 5) is 30.0. The van der Waals surface area contributed by atoms with Gasteiger partial charge in [0.05, 0.1) is 73.8 Å². The van der Waals surface area contributed by atoms with Crippen LogP contribution in [-0.2, 0) is 0 Å². The van der Waals surface area contributed by atoms with Crippen LogP contribution in [0.5, 0.6) is 69.0 Å². The van der Waals surface area contributed by atoms with E-state index in [9.17, 15) is 30.6 Å². The van der Waals surface area contributed by atoms with Crippen LogP contribution in [0.25, 0.3) is 0 Å². The van der Waals surface area contributed by atoms with E-state index in [2.05, 4.69) is 119 Å². The Hall–Kier alpha value is -12.7. The van der Waals surface area contributed by atoms with Crippen LogP contribution in [0.2, 0.25) is 0 Å². The predicted molar refractivity (Wildman–Crippen MR) is 542 cm³/mol. The number of phenols is 6. The van der Waals surface area contributed by atoms with Gasteiger partial charge in [0, 0.05) is 140 Å². The Morgan fingerprint density at radius 2 is 0.356 bits per heavy atom. The summed E-state index contributed by atoms with van der Waals surface area (Å²) in [7, 11) is 0. The van der Waals surface area contributed by atoms with E-state index in [0.29, 0.717) is 211 Å². The van der Waals surface area contributed by atoms with E-state index in [1.54, 1.807) is 146 Å². The van der Waals surface area contributed by atoms with E-state index in [4.69, 9.17) is 58.4 Å². The van der Waals surface area contributed by atoms with E-state index in [1.165, 1.54) is 0 Å². The zero-order valence-corrected chi connectivity index (χ0v) is 79.8. The molecule has 10 aliphatic rings. The lowest BCUT2D eigenvalue weighted by atomic mass is 10.0. The largest absolute Gasteiger partial charge is 0.507 e. The van der Waals surface area contributed by atoms with E-state index >= 15 is 0 Å². The van der Waals surface area contributed by atoms with E-state index < -0.39 is 0 Å². The van der Waals surface area contributed by atoms with Gasteiger partial charge in [0.1, 0.15) is 34.5 Å². The molecule has 696 valence electrons. The summed E-state index contributed by atoms with van der Waals surface area (Å²) >= 11 is 0. The standard InChI is InChI=1S/C114H138N6O12/c1-13-25-31-79(19-7)73-127-109-61-97-98(62-110(109)128-74-80(20-8)32-26-14-2)116-68-92-50-44-86(56-104(92)122)39-40-88-46-52-94(106(124)58-88)70-118-101-65-113(131-77-83(23-11)35-29-17-5)114(132-78-84(24-12)36-30-18-6)66-102(101)120-72-96-54-48-90(60-108(96)126)42-41-89-47-53-95(107(125)59-89)71-119-100-64-112(130-76-82(22-10)34-28-16-4)111(129-75-81(21-9)33-27-15-3)63-99(100)117-69-93-51-45-87(57-105(93)123)38-37-85-43-49-91(67-115-97)103(121)55-85/h43-72,79-84,121-126H,13-36,73-78H2,1-12H3. The summed E-state index contributed by atoms with van der Waals surface area (Å²) < 4.78 is 40.4. The first kappa shape index (κ1) is 101. The molecule has 9 aromatic rings. The Morgan fingerprint density at radius 3 is 0.477 bits per heavy atom. The maximum atomic E-state index is 11.7. The molecule has 10 heterocycles. The molecule has 18 nitrogen and oxygen atoms in total. The third kappa shape index (κ3) is 31.5. The molecule has 0 aromatic heterocycles. The van der Waals surface area contributed by atoms with Gasteiger partial charge in [0.2, 0.25) is 0 Å². The number of aliphatic imine (C=N–C) groups is 6. The fourth-order valence-electron chi connectivity index (χ4n) is 15.2. The molecule has 0 fully saturated rings. The summed E-state index contributed by atoms with van der Waals surface area (Å²) in [5.74, 6) is 23.5. The maximum Gasteiger partial charge on any atom is 0.163 e. The van der Waals surface area contributed by atoms with Crippen molar-refractivity contribution in [1.82, 2.24) is 0 Å². The van der Waals surface area contributed by atoms with Gasteiger partial charge >= 0.3 is 0 Å². The molecule has 9 aromatic carbocycles. The van der Waals surface area contributed by atoms with Crippen molar-refractivity contribution >= 4 is 71.4 Å². The second kappa shape index (κ2) is 54.2. The molecule has 0 saturated heterocycles. The van der Waals surface area contributed by atoms with Crippen LogP contribution in [0.1, 0.15) is 304 Å². The molecular weight excluding hydrogens is 1650 g/mol. The smallest absolute Gasteiger partial charge is 0.163 e. The van der Waals surface area contributed by atoms with Gasteiger partial charge < -0.3 is 59.1 Å². The maximum absolute atomic E-state index is 11.7. The fourth-order valence-corrected chi connectivity index (χ4v) is 15.2. The number of rotatable bonds is 42. The lowest BCUT2D eigenvalue weighted by Crippen LogP contribution is -2.14. The Balaban J connectivity index is 1.09. The first-order valence-corrected chi connectivity index (χ1v) is 48.4. The van der Waals surface area contributed by atoms with Crippen molar-refractivity contribution in [2.24, 2.45) is 65.5 Å². The van der Waals surface area contributed by atoms with Gasteiger partial charge in [-0.2, -0.15) is 0 Å². The van der Waals surface area contributed by atoms with Crippen LogP contribution < -0.4 is 28.4 Å². The number of benzene rings is 9. The summed E-state index contributed by atoms with van der Waals surface area (Å²) in [6, 6.07) is 41.5. The second-order valence-corrected chi connectivity index (χ2v) is 34.7. The van der Waals surface area contributed by atoms with Crippen LogP contribution in [0.4, 0.5) is 34.1 Å². The molecule has 0 spiro atoms. The van der Waals surface area contributed by atoms with Crippen molar-refractivity contribution in [1.29, 1.82) is 0 Å². The number of hydrogen-bond donors (Lipinski definition) is 6. The third-order valence-electron chi connectivity index (χ3n) is 24.5. The predicted octanol–water partition coefficient (Wildman–Crippen LogP) is 28.5.